The highest BCUT2D eigenvalue weighted by Gasteiger charge is 2.29. The van der Waals surface area contributed by atoms with Gasteiger partial charge in [-0.25, -0.2) is 4.98 Å². The number of carbonyl (C=O) groups excluding carboxylic acids is 1. The van der Waals surface area contributed by atoms with Crippen molar-refractivity contribution in [3.8, 4) is 0 Å². The largest absolute Gasteiger partial charge is 0.372 e. The molecule has 156 valence electrons. The summed E-state index contributed by atoms with van der Waals surface area (Å²) in [6.45, 7) is 6.76. The van der Waals surface area contributed by atoms with E-state index in [-0.39, 0.29) is 42.9 Å². The maximum Gasteiger partial charge on any atom is 0.229 e. The van der Waals surface area contributed by atoms with E-state index in [1.54, 1.807) is 11.3 Å². The fourth-order valence-electron chi connectivity index (χ4n) is 3.19. The number of hydrogen-bond donors (Lipinski definition) is 1. The Labute approximate surface area is 187 Å². The number of benzene rings is 1. The Hall–Kier alpha value is -0.890. The molecule has 1 amide bonds. The van der Waals surface area contributed by atoms with E-state index in [2.05, 4.69) is 10.3 Å². The topological polar surface area (TPSA) is 54.5 Å². The first-order chi connectivity index (χ1) is 12.6. The lowest BCUT2D eigenvalue weighted by Gasteiger charge is -2.37. The van der Waals surface area contributed by atoms with E-state index in [1.165, 1.54) is 0 Å². The molecule has 2 heterocycles. The van der Waals surface area contributed by atoms with Crippen LogP contribution in [0.2, 0.25) is 5.02 Å². The summed E-state index contributed by atoms with van der Waals surface area (Å²) < 4.78 is 5.58. The molecule has 3 rings (SSSR count). The van der Waals surface area contributed by atoms with Crippen LogP contribution in [-0.4, -0.2) is 42.0 Å². The number of rotatable bonds is 6. The predicted molar refractivity (Wildman–Crippen MR) is 119 cm³/mol. The molecular weight excluding hydrogens is 441 g/mol. The predicted octanol–water partition coefficient (Wildman–Crippen LogP) is 4.45. The van der Waals surface area contributed by atoms with E-state index < -0.39 is 0 Å². The Morgan fingerprint density at radius 2 is 2.18 bits per heavy atom. The molecule has 0 radical (unpaired) electrons. The third kappa shape index (κ3) is 6.05. The van der Waals surface area contributed by atoms with Gasteiger partial charge in [0.2, 0.25) is 5.91 Å². The number of carbonyl (C=O) groups is 1. The highest BCUT2D eigenvalue weighted by molar-refractivity contribution is 7.09. The maximum absolute atomic E-state index is 13.0. The van der Waals surface area contributed by atoms with Gasteiger partial charge in [0.1, 0.15) is 11.1 Å². The van der Waals surface area contributed by atoms with E-state index in [0.717, 1.165) is 22.8 Å². The molecule has 0 aliphatic carbocycles. The molecule has 0 spiro atoms. The van der Waals surface area contributed by atoms with Crippen molar-refractivity contribution in [1.29, 1.82) is 0 Å². The molecule has 1 aromatic carbocycles. The normalized spacial score (nSPS) is 17.4. The van der Waals surface area contributed by atoms with Gasteiger partial charge in [0, 0.05) is 36.6 Å². The van der Waals surface area contributed by atoms with Crippen molar-refractivity contribution in [2.75, 3.05) is 26.2 Å². The molecular formula is C19H26Cl3N3O2S. The molecule has 9 heteroatoms. The summed E-state index contributed by atoms with van der Waals surface area (Å²) in [4.78, 5) is 19.5. The Bertz CT molecular complexity index is 760. The molecule has 1 aromatic heterocycles. The van der Waals surface area contributed by atoms with Crippen LogP contribution < -0.4 is 5.32 Å². The van der Waals surface area contributed by atoms with E-state index in [0.29, 0.717) is 31.1 Å². The zero-order chi connectivity index (χ0) is 18.5. The van der Waals surface area contributed by atoms with Gasteiger partial charge in [-0.2, -0.15) is 0 Å². The molecule has 28 heavy (non-hydrogen) atoms. The zero-order valence-corrected chi connectivity index (χ0v) is 19.1. The third-order valence-electron chi connectivity index (χ3n) is 4.49. The number of thiazole rings is 1. The van der Waals surface area contributed by atoms with Crippen LogP contribution >= 0.6 is 47.8 Å². The van der Waals surface area contributed by atoms with Crippen LogP contribution in [0.3, 0.4) is 0 Å². The fourth-order valence-corrected chi connectivity index (χ4v) is 4.28. The molecule has 2 aromatic rings. The Kier molecular flexibility index (Phi) is 10.7. The Morgan fingerprint density at radius 3 is 2.89 bits per heavy atom. The molecule has 2 atom stereocenters. The monoisotopic (exact) mass is 465 g/mol. The average Bonchev–Trinajstić information content (AvgIpc) is 3.11. The van der Waals surface area contributed by atoms with Crippen LogP contribution in [-0.2, 0) is 16.0 Å². The lowest BCUT2D eigenvalue weighted by Crippen LogP contribution is -2.49. The molecule has 2 unspecified atom stereocenters. The van der Waals surface area contributed by atoms with Crippen molar-refractivity contribution in [2.24, 2.45) is 0 Å². The number of ether oxygens (including phenoxy) is 1. The maximum atomic E-state index is 13.0. The summed E-state index contributed by atoms with van der Waals surface area (Å²) in [5.41, 5.74) is 1.79. The van der Waals surface area contributed by atoms with Crippen LogP contribution in [0.5, 0.6) is 0 Å². The number of halogens is 3. The van der Waals surface area contributed by atoms with Crippen LogP contribution in [0.4, 0.5) is 0 Å². The highest BCUT2D eigenvalue weighted by atomic mass is 35.5. The SMILES string of the molecule is CCOC(C)c1nc(CC(=O)N2CCNCC2c2ccccc2Cl)cs1.Cl.Cl. The minimum Gasteiger partial charge on any atom is -0.372 e. The quantitative estimate of drug-likeness (QED) is 0.683. The van der Waals surface area contributed by atoms with Gasteiger partial charge in [-0.3, -0.25) is 4.79 Å². The summed E-state index contributed by atoms with van der Waals surface area (Å²) in [6.07, 6.45) is 0.264. The fraction of sp³-hybridized carbons (Fsp3) is 0.474. The smallest absolute Gasteiger partial charge is 0.229 e. The third-order valence-corrected chi connectivity index (χ3v) is 5.89. The number of amides is 1. The van der Waals surface area contributed by atoms with Gasteiger partial charge in [0.05, 0.1) is 18.2 Å². The number of nitrogens with zero attached hydrogens (tertiary/aromatic N) is 2. The number of aromatic nitrogens is 1. The van der Waals surface area contributed by atoms with E-state index in [9.17, 15) is 4.79 Å². The van der Waals surface area contributed by atoms with Crippen molar-refractivity contribution in [3.63, 3.8) is 0 Å². The summed E-state index contributed by atoms with van der Waals surface area (Å²) in [5, 5.41) is 6.92. The van der Waals surface area contributed by atoms with Crippen molar-refractivity contribution >= 4 is 53.7 Å². The second-order valence-electron chi connectivity index (χ2n) is 6.28. The van der Waals surface area contributed by atoms with Crippen molar-refractivity contribution in [2.45, 2.75) is 32.4 Å². The highest BCUT2D eigenvalue weighted by Crippen LogP contribution is 2.29. The van der Waals surface area contributed by atoms with Gasteiger partial charge in [0.25, 0.3) is 0 Å². The van der Waals surface area contributed by atoms with Crippen molar-refractivity contribution in [1.82, 2.24) is 15.2 Å². The second-order valence-corrected chi connectivity index (χ2v) is 7.58. The van der Waals surface area contributed by atoms with Gasteiger partial charge < -0.3 is 15.0 Å². The summed E-state index contributed by atoms with van der Waals surface area (Å²) in [7, 11) is 0. The van der Waals surface area contributed by atoms with Gasteiger partial charge in [0.15, 0.2) is 0 Å². The van der Waals surface area contributed by atoms with Gasteiger partial charge >= 0.3 is 0 Å². The van der Waals surface area contributed by atoms with Crippen molar-refractivity contribution in [3.05, 3.63) is 50.9 Å². The average molecular weight is 467 g/mol. The minimum atomic E-state index is -0.0506. The Balaban J connectivity index is 0.00000196. The van der Waals surface area contributed by atoms with Crippen LogP contribution in [0.1, 0.15) is 42.3 Å². The molecule has 5 nitrogen and oxygen atoms in total. The van der Waals surface area contributed by atoms with Crippen LogP contribution in [0, 0.1) is 0 Å². The molecule has 1 N–H and O–H groups in total. The van der Waals surface area contributed by atoms with Crippen LogP contribution in [0.25, 0.3) is 0 Å². The standard InChI is InChI=1S/C19H24ClN3O2S.2ClH/c1-3-25-13(2)19-22-14(12-26-19)10-18(24)23-9-8-21-11-17(23)15-6-4-5-7-16(15)20;;/h4-7,12-13,17,21H,3,8-11H2,1-2H3;2*1H. The minimum absolute atomic E-state index is 0. The summed E-state index contributed by atoms with van der Waals surface area (Å²) >= 11 is 7.91. The lowest BCUT2D eigenvalue weighted by molar-refractivity contribution is -0.133. The Morgan fingerprint density at radius 1 is 1.43 bits per heavy atom. The summed E-state index contributed by atoms with van der Waals surface area (Å²) in [5.74, 6) is 0.0809. The number of piperazine rings is 1. The first-order valence-corrected chi connectivity index (χ1v) is 10.2. The van der Waals surface area contributed by atoms with Crippen LogP contribution in [0.15, 0.2) is 29.6 Å². The molecule has 1 aliphatic rings. The van der Waals surface area contributed by atoms with E-state index in [1.807, 2.05) is 48.4 Å². The van der Waals surface area contributed by atoms with Gasteiger partial charge in [-0.1, -0.05) is 29.8 Å². The first-order valence-electron chi connectivity index (χ1n) is 8.90. The number of nitrogens with one attached hydrogen (secondary N) is 1. The molecule has 0 saturated carbocycles. The van der Waals surface area contributed by atoms with Gasteiger partial charge in [-0.15, -0.1) is 36.2 Å². The molecule has 1 aliphatic heterocycles. The second kappa shape index (κ2) is 12.0. The lowest BCUT2D eigenvalue weighted by atomic mass is 10.0. The van der Waals surface area contributed by atoms with Gasteiger partial charge in [-0.05, 0) is 25.5 Å². The summed E-state index contributed by atoms with van der Waals surface area (Å²) in [6, 6.07) is 7.68. The van der Waals surface area contributed by atoms with E-state index >= 15 is 0 Å². The van der Waals surface area contributed by atoms with E-state index in [4.69, 9.17) is 16.3 Å². The first kappa shape index (κ1) is 25.1. The number of hydrogen-bond acceptors (Lipinski definition) is 5. The molecule has 0 bridgehead atoms. The molecule has 1 saturated heterocycles. The zero-order valence-electron chi connectivity index (χ0n) is 15.9. The van der Waals surface area contributed by atoms with Crippen molar-refractivity contribution < 1.29 is 9.53 Å². The molecule has 1 fully saturated rings.